The largest absolute Gasteiger partial charge is 0.444 e. The molecule has 0 aliphatic rings. The topological polar surface area (TPSA) is 131 Å². The second-order valence-corrected chi connectivity index (χ2v) is 10.2. The normalized spacial score (nSPS) is 12.5. The van der Waals surface area contributed by atoms with Crippen molar-refractivity contribution in [1.29, 1.82) is 0 Å². The molecule has 0 radical (unpaired) electrons. The number of anilines is 1. The van der Waals surface area contributed by atoms with E-state index >= 15 is 0 Å². The summed E-state index contributed by atoms with van der Waals surface area (Å²) >= 11 is 0. The number of rotatable bonds is 8. The molecular weight excluding hydrogens is 484 g/mol. The number of aryl methyl sites for hydroxylation is 3. The molecule has 2 rings (SSSR count). The molecule has 2 aromatic rings. The van der Waals surface area contributed by atoms with Crippen LogP contribution < -0.4 is 16.4 Å². The summed E-state index contributed by atoms with van der Waals surface area (Å²) in [5.41, 5.74) is 8.90. The highest BCUT2D eigenvalue weighted by molar-refractivity contribution is 6.01. The molecule has 0 fully saturated rings. The van der Waals surface area contributed by atoms with E-state index in [0.29, 0.717) is 11.3 Å². The van der Waals surface area contributed by atoms with Gasteiger partial charge in [0.2, 0.25) is 5.91 Å². The zero-order valence-electron chi connectivity index (χ0n) is 23.0. The third-order valence-corrected chi connectivity index (χ3v) is 5.95. The number of hydrogen-bond donors (Lipinski definition) is 3. The van der Waals surface area contributed by atoms with Crippen molar-refractivity contribution in [3.8, 4) is 12.5 Å². The minimum atomic E-state index is -1.46. The third kappa shape index (κ3) is 7.59. The maximum Gasteiger partial charge on any atom is 0.408 e. The van der Waals surface area contributed by atoms with E-state index in [1.807, 2.05) is 52.0 Å². The standard InChI is InChI=1S/C29H36N4O5/c1-9-33(27(36)22(16-23(30)34)31-28(37)38-29(6,7)8)25(21-15-11-12-17(2)20(21)5)26(35)32-24-18(3)13-10-14-19(24)4/h1,10-15,22,25H,16H2,2-8H3,(H2,30,34)(H,31,37)(H,32,35). The first-order valence-electron chi connectivity index (χ1n) is 12.2. The first-order chi connectivity index (χ1) is 17.7. The SMILES string of the molecule is C#CN(C(=O)C(CC(N)=O)NC(=O)OC(C)(C)C)C(C(=O)Nc1c(C)cccc1C)c1cccc(C)c1C. The maximum atomic E-state index is 13.8. The summed E-state index contributed by atoms with van der Waals surface area (Å²) in [5, 5.41) is 5.29. The average molecular weight is 521 g/mol. The summed E-state index contributed by atoms with van der Waals surface area (Å²) in [6.07, 6.45) is 4.33. The van der Waals surface area contributed by atoms with Gasteiger partial charge in [0.1, 0.15) is 17.7 Å². The highest BCUT2D eigenvalue weighted by Gasteiger charge is 2.37. The number of primary amides is 1. The van der Waals surface area contributed by atoms with Crippen molar-refractivity contribution >= 4 is 29.5 Å². The molecule has 0 saturated carbocycles. The van der Waals surface area contributed by atoms with Crippen molar-refractivity contribution in [2.75, 3.05) is 5.32 Å². The summed E-state index contributed by atoms with van der Waals surface area (Å²) in [6.45, 7) is 12.4. The van der Waals surface area contributed by atoms with Crippen LogP contribution in [0.3, 0.4) is 0 Å². The van der Waals surface area contributed by atoms with Gasteiger partial charge in [-0.3, -0.25) is 19.3 Å². The van der Waals surface area contributed by atoms with E-state index in [1.165, 1.54) is 0 Å². The number of carbonyl (C=O) groups excluding carboxylic acids is 4. The minimum Gasteiger partial charge on any atom is -0.444 e. The van der Waals surface area contributed by atoms with Crippen LogP contribution in [0.2, 0.25) is 0 Å². The molecule has 2 aromatic carbocycles. The van der Waals surface area contributed by atoms with Gasteiger partial charge >= 0.3 is 6.09 Å². The lowest BCUT2D eigenvalue weighted by Gasteiger charge is -2.31. The van der Waals surface area contributed by atoms with Crippen LogP contribution in [0.25, 0.3) is 0 Å². The van der Waals surface area contributed by atoms with Gasteiger partial charge in [0.15, 0.2) is 0 Å². The lowest BCUT2D eigenvalue weighted by atomic mass is 9.95. The predicted molar refractivity (Wildman–Crippen MR) is 146 cm³/mol. The maximum absolute atomic E-state index is 13.8. The summed E-state index contributed by atoms with van der Waals surface area (Å²) in [7, 11) is 0. The van der Waals surface area contributed by atoms with E-state index in [1.54, 1.807) is 32.9 Å². The first-order valence-corrected chi connectivity index (χ1v) is 12.2. The zero-order valence-corrected chi connectivity index (χ0v) is 23.0. The summed E-state index contributed by atoms with van der Waals surface area (Å²) in [4.78, 5) is 52.7. The number of nitrogens with two attached hydrogens (primary N) is 1. The van der Waals surface area contributed by atoms with Crippen LogP contribution >= 0.6 is 0 Å². The van der Waals surface area contributed by atoms with Gasteiger partial charge in [-0.05, 0) is 76.3 Å². The second kappa shape index (κ2) is 12.3. The quantitative estimate of drug-likeness (QED) is 0.360. The lowest BCUT2D eigenvalue weighted by Crippen LogP contribution is -2.52. The number of para-hydroxylation sites is 1. The molecule has 0 aliphatic carbocycles. The average Bonchev–Trinajstić information content (AvgIpc) is 2.79. The van der Waals surface area contributed by atoms with Crippen molar-refractivity contribution in [1.82, 2.24) is 10.2 Å². The Bertz CT molecular complexity index is 1250. The number of terminal acetylenes is 1. The number of hydrogen-bond acceptors (Lipinski definition) is 5. The number of benzene rings is 2. The van der Waals surface area contributed by atoms with Crippen molar-refractivity contribution < 1.29 is 23.9 Å². The van der Waals surface area contributed by atoms with Gasteiger partial charge in [-0.1, -0.05) is 42.8 Å². The fourth-order valence-corrected chi connectivity index (χ4v) is 3.96. The predicted octanol–water partition coefficient (Wildman–Crippen LogP) is 3.79. The summed E-state index contributed by atoms with van der Waals surface area (Å²) < 4.78 is 5.24. The number of nitrogens with zero attached hydrogens (tertiary/aromatic N) is 1. The molecule has 2 unspecified atom stereocenters. The Morgan fingerprint density at radius 3 is 2.08 bits per heavy atom. The third-order valence-electron chi connectivity index (χ3n) is 5.95. The molecular formula is C29H36N4O5. The minimum absolute atomic E-state index is 0.495. The Hall–Kier alpha value is -4.32. The van der Waals surface area contributed by atoms with Crippen LogP contribution in [-0.2, 0) is 19.1 Å². The molecule has 0 aromatic heterocycles. The van der Waals surface area contributed by atoms with Crippen molar-refractivity contribution in [3.63, 3.8) is 0 Å². The molecule has 9 nitrogen and oxygen atoms in total. The van der Waals surface area contributed by atoms with Gasteiger partial charge in [-0.15, -0.1) is 0 Å². The Kier molecular flexibility index (Phi) is 9.66. The Labute approximate surface area is 224 Å². The van der Waals surface area contributed by atoms with Gasteiger partial charge in [0, 0.05) is 11.7 Å². The smallest absolute Gasteiger partial charge is 0.408 e. The number of alkyl carbamates (subject to hydrolysis) is 1. The molecule has 202 valence electrons. The Morgan fingerprint density at radius 2 is 1.55 bits per heavy atom. The molecule has 0 aliphatic heterocycles. The summed E-state index contributed by atoms with van der Waals surface area (Å²) in [5.74, 6) is -2.27. The van der Waals surface area contributed by atoms with Gasteiger partial charge in [0.05, 0.1) is 6.42 Å². The van der Waals surface area contributed by atoms with Gasteiger partial charge in [-0.2, -0.15) is 0 Å². The van der Waals surface area contributed by atoms with Crippen molar-refractivity contribution in [2.24, 2.45) is 5.73 Å². The van der Waals surface area contributed by atoms with Crippen molar-refractivity contribution in [2.45, 2.75) is 72.6 Å². The van der Waals surface area contributed by atoms with E-state index in [4.69, 9.17) is 16.9 Å². The van der Waals surface area contributed by atoms with Crippen LogP contribution in [0.1, 0.15) is 61.1 Å². The Balaban J connectivity index is 2.58. The number of ether oxygens (including phenoxy) is 1. The highest BCUT2D eigenvalue weighted by atomic mass is 16.6. The molecule has 4 amide bonds. The lowest BCUT2D eigenvalue weighted by molar-refractivity contribution is -0.138. The van der Waals surface area contributed by atoms with Crippen LogP contribution in [0.4, 0.5) is 10.5 Å². The monoisotopic (exact) mass is 520 g/mol. The molecule has 0 bridgehead atoms. The number of carbonyl (C=O) groups is 4. The van der Waals surface area contributed by atoms with E-state index in [2.05, 4.69) is 16.7 Å². The van der Waals surface area contributed by atoms with Gasteiger partial charge in [0.25, 0.3) is 11.8 Å². The van der Waals surface area contributed by atoms with E-state index < -0.39 is 47.9 Å². The van der Waals surface area contributed by atoms with Crippen LogP contribution in [0.15, 0.2) is 36.4 Å². The van der Waals surface area contributed by atoms with E-state index in [9.17, 15) is 19.2 Å². The van der Waals surface area contributed by atoms with Crippen LogP contribution in [0.5, 0.6) is 0 Å². The number of amides is 4. The van der Waals surface area contributed by atoms with Gasteiger partial charge < -0.3 is 21.1 Å². The molecule has 38 heavy (non-hydrogen) atoms. The fraction of sp³-hybridized carbons (Fsp3) is 0.379. The van der Waals surface area contributed by atoms with Crippen LogP contribution in [-0.4, -0.2) is 40.4 Å². The van der Waals surface area contributed by atoms with E-state index in [0.717, 1.165) is 27.2 Å². The summed E-state index contributed by atoms with van der Waals surface area (Å²) in [6, 6.07) is 10.5. The van der Waals surface area contributed by atoms with Crippen molar-refractivity contribution in [3.05, 3.63) is 64.2 Å². The molecule has 0 saturated heterocycles. The van der Waals surface area contributed by atoms with Gasteiger partial charge in [-0.25, -0.2) is 4.79 Å². The highest BCUT2D eigenvalue weighted by Crippen LogP contribution is 2.29. The Morgan fingerprint density at radius 1 is 1.00 bits per heavy atom. The first kappa shape index (κ1) is 29.9. The zero-order chi connectivity index (χ0) is 28.8. The molecule has 9 heteroatoms. The molecule has 0 heterocycles. The molecule has 2 atom stereocenters. The van der Waals surface area contributed by atoms with E-state index in [-0.39, 0.29) is 0 Å². The molecule has 4 N–H and O–H groups in total. The van der Waals surface area contributed by atoms with Crippen LogP contribution in [0, 0.1) is 40.2 Å². The fourth-order valence-electron chi connectivity index (χ4n) is 3.96. The number of nitrogens with one attached hydrogen (secondary N) is 2. The second-order valence-electron chi connectivity index (χ2n) is 10.2. The molecule has 0 spiro atoms.